The van der Waals surface area contributed by atoms with Crippen molar-refractivity contribution in [3.05, 3.63) is 0 Å². The van der Waals surface area contributed by atoms with Crippen molar-refractivity contribution >= 4 is 0 Å². The highest BCUT2D eigenvalue weighted by molar-refractivity contribution is 5.57. The van der Waals surface area contributed by atoms with Gasteiger partial charge in [-0.2, -0.15) is 0 Å². The molecule has 0 nitrogen and oxygen atoms in total. The standard InChI is InChI=1S/C23H24/c1-5-3-9-17-10-4-6-2-8-14(6)22(10)16(8)12-18-11-15-7(1)13(5)21(9,15)19(11)23(17,18)20(12)22/h5-20H,1-4H2. The van der Waals surface area contributed by atoms with Crippen LogP contribution in [0.25, 0.3) is 0 Å². The maximum atomic E-state index is 1.76. The van der Waals surface area contributed by atoms with E-state index in [-0.39, 0.29) is 0 Å². The van der Waals surface area contributed by atoms with Crippen molar-refractivity contribution in [2.75, 3.05) is 0 Å². The van der Waals surface area contributed by atoms with Crippen molar-refractivity contribution in [3.8, 4) is 0 Å². The van der Waals surface area contributed by atoms with Crippen LogP contribution in [0.2, 0.25) is 0 Å². The van der Waals surface area contributed by atoms with Crippen LogP contribution in [0, 0.1) is 111 Å². The zero-order chi connectivity index (χ0) is 13.6. The summed E-state index contributed by atoms with van der Waals surface area (Å²) in [5, 5.41) is 0. The minimum Gasteiger partial charge on any atom is -0.0467 e. The topological polar surface area (TPSA) is 0 Å². The van der Waals surface area contributed by atoms with Crippen molar-refractivity contribution in [2.45, 2.75) is 25.7 Å². The molecule has 0 aromatic carbocycles. The van der Waals surface area contributed by atoms with E-state index in [4.69, 9.17) is 0 Å². The molecule has 16 atom stereocenters. The van der Waals surface area contributed by atoms with E-state index in [1.165, 1.54) is 94.7 Å². The fourth-order valence-electron chi connectivity index (χ4n) is 17.0. The first-order chi connectivity index (χ1) is 11.4. The summed E-state index contributed by atoms with van der Waals surface area (Å²) in [6.45, 7) is 0. The summed E-state index contributed by atoms with van der Waals surface area (Å²) >= 11 is 0. The Hall–Kier alpha value is 0. The lowest BCUT2D eigenvalue weighted by Gasteiger charge is -2.98. The molecule has 3 spiro atoms. The summed E-state index contributed by atoms with van der Waals surface area (Å²) in [5.74, 6) is 21.0. The lowest BCUT2D eigenvalue weighted by molar-refractivity contribution is -0.523. The Balaban J connectivity index is 1.24. The Morgan fingerprint density at radius 2 is 1.04 bits per heavy atom. The molecule has 0 aromatic heterocycles. The van der Waals surface area contributed by atoms with Crippen molar-refractivity contribution in [2.24, 2.45) is 111 Å². The van der Waals surface area contributed by atoms with Gasteiger partial charge in [-0.25, -0.2) is 0 Å². The molecular weight excluding hydrogens is 276 g/mol. The maximum absolute atomic E-state index is 1.76. The Morgan fingerprint density at radius 1 is 0.478 bits per heavy atom. The predicted octanol–water partition coefficient (Wildman–Crippen LogP) is 3.53. The summed E-state index contributed by atoms with van der Waals surface area (Å²) in [4.78, 5) is 0. The van der Waals surface area contributed by atoms with Crippen LogP contribution in [0.3, 0.4) is 0 Å². The van der Waals surface area contributed by atoms with Crippen LogP contribution < -0.4 is 0 Å². The van der Waals surface area contributed by atoms with Gasteiger partial charge in [-0.1, -0.05) is 0 Å². The monoisotopic (exact) mass is 300 g/mol. The summed E-state index contributed by atoms with van der Waals surface area (Å²) < 4.78 is 0. The minimum absolute atomic E-state index is 1.04. The van der Waals surface area contributed by atoms with Gasteiger partial charge in [0.2, 0.25) is 0 Å². The van der Waals surface area contributed by atoms with Gasteiger partial charge < -0.3 is 0 Å². The minimum atomic E-state index is 1.04. The van der Waals surface area contributed by atoms with Crippen molar-refractivity contribution in [1.82, 2.24) is 0 Å². The molecule has 23 heavy (non-hydrogen) atoms. The van der Waals surface area contributed by atoms with Crippen LogP contribution >= 0.6 is 0 Å². The van der Waals surface area contributed by atoms with Gasteiger partial charge in [0.1, 0.15) is 0 Å². The van der Waals surface area contributed by atoms with Crippen molar-refractivity contribution in [3.63, 3.8) is 0 Å². The summed E-state index contributed by atoms with van der Waals surface area (Å²) in [6, 6.07) is 0. The first kappa shape index (κ1) is 9.63. The van der Waals surface area contributed by atoms with E-state index in [1.807, 2.05) is 0 Å². The average Bonchev–Trinajstić information content (AvgIpc) is 2.91. The summed E-state index contributed by atoms with van der Waals surface area (Å²) in [7, 11) is 0. The molecule has 0 aromatic rings. The van der Waals surface area contributed by atoms with E-state index >= 15 is 0 Å². The normalized spacial score (nSPS) is 104. The zero-order valence-electron chi connectivity index (χ0n) is 13.6. The van der Waals surface area contributed by atoms with Crippen LogP contribution in [0.15, 0.2) is 0 Å². The molecule has 0 saturated heterocycles. The van der Waals surface area contributed by atoms with Gasteiger partial charge in [0, 0.05) is 0 Å². The highest BCUT2D eigenvalue weighted by Crippen LogP contribution is 3.14. The molecule has 0 bridgehead atoms. The lowest BCUT2D eigenvalue weighted by atomic mass is 9.05. The molecule has 16 unspecified atom stereocenters. The molecule has 116 valence electrons. The van der Waals surface area contributed by atoms with Crippen LogP contribution in [0.5, 0.6) is 0 Å². The second-order valence-corrected chi connectivity index (χ2v) is 13.3. The highest BCUT2D eigenvalue weighted by Gasteiger charge is 3.10. The van der Waals surface area contributed by atoms with E-state index in [0.717, 1.165) is 16.2 Å². The Morgan fingerprint density at radius 3 is 1.61 bits per heavy atom. The third-order valence-corrected chi connectivity index (χ3v) is 15.3. The van der Waals surface area contributed by atoms with Crippen LogP contribution in [-0.2, 0) is 0 Å². The highest BCUT2D eigenvalue weighted by atomic mass is 15.1. The van der Waals surface area contributed by atoms with Gasteiger partial charge in [0.05, 0.1) is 0 Å². The maximum Gasteiger partial charge on any atom is -0.0156 e. The smallest absolute Gasteiger partial charge is 0.0156 e. The molecule has 12 rings (SSSR count). The summed E-state index contributed by atoms with van der Waals surface area (Å²) in [6.07, 6.45) is 6.94. The molecule has 12 aliphatic rings. The van der Waals surface area contributed by atoms with Gasteiger partial charge in [0.25, 0.3) is 0 Å². The van der Waals surface area contributed by atoms with E-state index in [1.54, 1.807) is 25.7 Å². The third-order valence-electron chi connectivity index (χ3n) is 15.3. The fraction of sp³-hybridized carbons (Fsp3) is 1.00. The Labute approximate surface area is 137 Å². The largest absolute Gasteiger partial charge is 0.0467 e. The second kappa shape index (κ2) is 1.98. The van der Waals surface area contributed by atoms with Gasteiger partial charge in [-0.15, -0.1) is 0 Å². The van der Waals surface area contributed by atoms with Gasteiger partial charge in [-0.05, 0) is 137 Å². The van der Waals surface area contributed by atoms with Crippen molar-refractivity contribution in [1.29, 1.82) is 0 Å². The van der Waals surface area contributed by atoms with E-state index in [9.17, 15) is 0 Å². The van der Waals surface area contributed by atoms with Gasteiger partial charge >= 0.3 is 0 Å². The zero-order valence-corrected chi connectivity index (χ0v) is 13.6. The Bertz CT molecular complexity index is 792. The van der Waals surface area contributed by atoms with E-state index < -0.39 is 0 Å². The molecule has 12 fully saturated rings. The SMILES string of the molecule is C1C2CC3C4C5CC6CC7C6C56C7C5C7C8C9C1C2C39C8C74C56. The number of hydrogen-bond donors (Lipinski definition) is 0. The van der Waals surface area contributed by atoms with Gasteiger partial charge in [0.15, 0.2) is 0 Å². The van der Waals surface area contributed by atoms with Crippen LogP contribution in [0.1, 0.15) is 25.7 Å². The fourth-order valence-corrected chi connectivity index (χ4v) is 17.0. The number of rotatable bonds is 0. The molecule has 0 heteroatoms. The quantitative estimate of drug-likeness (QED) is 0.642. The Kier molecular flexibility index (Phi) is 0.829. The number of fused-ring (bicyclic) bond motifs is 8. The van der Waals surface area contributed by atoms with E-state index in [0.29, 0.717) is 0 Å². The molecular formula is C23H24. The first-order valence-corrected chi connectivity index (χ1v) is 11.4. The van der Waals surface area contributed by atoms with Gasteiger partial charge in [-0.3, -0.25) is 0 Å². The van der Waals surface area contributed by atoms with Crippen LogP contribution in [0.4, 0.5) is 0 Å². The third kappa shape index (κ3) is 0.424. The predicted molar refractivity (Wildman–Crippen MR) is 81.6 cm³/mol. The average molecular weight is 300 g/mol. The van der Waals surface area contributed by atoms with Crippen LogP contribution in [-0.4, -0.2) is 0 Å². The molecule has 0 radical (unpaired) electrons. The summed E-state index contributed by atoms with van der Waals surface area (Å²) in [5.41, 5.74) is 3.14. The van der Waals surface area contributed by atoms with Crippen molar-refractivity contribution < 1.29 is 0 Å². The van der Waals surface area contributed by atoms with E-state index in [2.05, 4.69) is 0 Å². The molecule has 12 saturated carbocycles. The second-order valence-electron chi connectivity index (χ2n) is 13.3. The molecule has 12 aliphatic carbocycles. The first-order valence-electron chi connectivity index (χ1n) is 11.4. The molecule has 0 amide bonds. The lowest BCUT2D eigenvalue weighted by Crippen LogP contribution is -2.95. The molecule has 0 N–H and O–H groups in total. The number of hydrogen-bond acceptors (Lipinski definition) is 0. The molecule has 0 aliphatic heterocycles. The molecule has 0 heterocycles.